The molecule has 4 saturated carbocycles. The number of carbonyl (C=O) groups is 3. The third-order valence-corrected chi connectivity index (χ3v) is 10.4. The van der Waals surface area contributed by atoms with Crippen LogP contribution in [0.2, 0.25) is 0 Å². The molecule has 5 rings (SSSR count). The van der Waals surface area contributed by atoms with Crippen molar-refractivity contribution in [2.45, 2.75) is 128 Å². The number of carboxylic acids is 2. The monoisotopic (exact) mass is 788 g/mol. The average molecular weight is 788 g/mol. The number of benzene rings is 1. The molecule has 1 aromatic rings. The average Bonchev–Trinajstić information content (AvgIpc) is 3.06. The Balaban J connectivity index is 0.000000224. The fourth-order valence-corrected chi connectivity index (χ4v) is 8.03. The molecule has 6 nitrogen and oxygen atoms in total. The topological polar surface area (TPSA) is 107 Å². The second kappa shape index (κ2) is 19.6. The van der Waals surface area contributed by atoms with Gasteiger partial charge in [-0.25, -0.2) is 4.79 Å². The van der Waals surface area contributed by atoms with E-state index in [0.29, 0.717) is 17.4 Å². The Labute approximate surface area is 279 Å². The van der Waals surface area contributed by atoms with Crippen molar-refractivity contribution in [1.29, 1.82) is 0 Å². The summed E-state index contributed by atoms with van der Waals surface area (Å²) in [6, 6.07) is 8.87. The molecular weight excluding hydrogens is 736 g/mol. The SMILES string of the molecule is C=CCOC(=O)c1ccccc1.O=C([O-])C1(C2CCCCC2)CCCCC1.O=C([O-])C1(C2CCCCC2)CCCCC1.[Pb+2]. The zero-order chi connectivity index (χ0) is 30.3. The normalized spacial score (nSPS) is 21.7. The van der Waals surface area contributed by atoms with E-state index in [1.54, 1.807) is 30.3 Å². The molecule has 0 saturated heterocycles. The molecule has 0 spiro atoms. The minimum absolute atomic E-state index is 0. The van der Waals surface area contributed by atoms with Gasteiger partial charge in [0.2, 0.25) is 0 Å². The van der Waals surface area contributed by atoms with Crippen molar-refractivity contribution in [3.05, 3.63) is 48.6 Å². The van der Waals surface area contributed by atoms with E-state index in [-0.39, 0.29) is 39.9 Å². The Bertz CT molecular complexity index is 919. The molecule has 0 aromatic heterocycles. The van der Waals surface area contributed by atoms with Gasteiger partial charge in [0.25, 0.3) is 0 Å². The van der Waals surface area contributed by atoms with Crippen molar-refractivity contribution < 1.29 is 29.3 Å². The first-order valence-corrected chi connectivity index (χ1v) is 16.6. The fourth-order valence-electron chi connectivity index (χ4n) is 8.03. The van der Waals surface area contributed by atoms with Crippen LogP contribution in [0.15, 0.2) is 43.0 Å². The van der Waals surface area contributed by atoms with Gasteiger partial charge >= 0.3 is 33.3 Å². The van der Waals surface area contributed by atoms with Crippen LogP contribution in [-0.4, -0.2) is 51.8 Å². The molecule has 43 heavy (non-hydrogen) atoms. The van der Waals surface area contributed by atoms with Crippen molar-refractivity contribution in [2.75, 3.05) is 6.61 Å². The van der Waals surface area contributed by atoms with Gasteiger partial charge in [0.05, 0.1) is 5.56 Å². The molecule has 4 aliphatic rings. The van der Waals surface area contributed by atoms with E-state index in [4.69, 9.17) is 4.74 Å². The maximum atomic E-state index is 11.5. The van der Waals surface area contributed by atoms with Gasteiger partial charge in [-0.2, -0.15) is 0 Å². The van der Waals surface area contributed by atoms with Crippen molar-refractivity contribution in [3.63, 3.8) is 0 Å². The molecule has 0 heterocycles. The molecule has 4 fully saturated rings. The van der Waals surface area contributed by atoms with E-state index in [2.05, 4.69) is 6.58 Å². The Kier molecular flexibility index (Phi) is 17.1. The molecule has 7 heteroatoms. The van der Waals surface area contributed by atoms with Crippen LogP contribution >= 0.6 is 0 Å². The predicted octanol–water partition coefficient (Wildman–Crippen LogP) is 6.18. The fraction of sp³-hybridized carbons (Fsp3) is 0.694. The number of carbonyl (C=O) groups excluding carboxylic acids is 3. The van der Waals surface area contributed by atoms with E-state index >= 15 is 0 Å². The summed E-state index contributed by atoms with van der Waals surface area (Å²) in [7, 11) is 0. The Hall–Kier alpha value is -1.71. The number of rotatable bonds is 7. The minimum atomic E-state index is -0.755. The molecule has 0 N–H and O–H groups in total. The van der Waals surface area contributed by atoms with Gasteiger partial charge in [-0.05, 0) is 75.3 Å². The van der Waals surface area contributed by atoms with Gasteiger partial charge < -0.3 is 24.5 Å². The first-order valence-electron chi connectivity index (χ1n) is 16.6. The standard InChI is InChI=1S/2C13H22O2.C10H10O2.Pb/c2*14-12(15)13(9-5-2-6-10-13)11-7-3-1-4-8-11;1-2-8-12-10(11)9-6-4-3-5-7-9;/h2*11H,1-10H2,(H,14,15);2-7H,1,8H2;/q;;;+2/p-2. The van der Waals surface area contributed by atoms with Crippen molar-refractivity contribution in [3.8, 4) is 0 Å². The number of carboxylic acid groups (broad SMARTS) is 2. The van der Waals surface area contributed by atoms with E-state index in [1.165, 1.54) is 51.4 Å². The van der Waals surface area contributed by atoms with Crippen molar-refractivity contribution >= 4 is 45.2 Å². The number of hydrogen-bond acceptors (Lipinski definition) is 6. The molecule has 0 unspecified atom stereocenters. The molecule has 0 bridgehead atoms. The number of aliphatic carboxylic acids is 2. The molecule has 2 radical (unpaired) electrons. The largest absolute Gasteiger partial charge is 2.00 e. The third kappa shape index (κ3) is 10.7. The molecule has 0 amide bonds. The molecule has 236 valence electrons. The number of hydrogen-bond donors (Lipinski definition) is 0. The van der Waals surface area contributed by atoms with Crippen LogP contribution in [0, 0.1) is 22.7 Å². The predicted molar refractivity (Wildman–Crippen MR) is 167 cm³/mol. The van der Waals surface area contributed by atoms with Gasteiger partial charge in [-0.15, -0.1) is 0 Å². The van der Waals surface area contributed by atoms with Crippen LogP contribution in [-0.2, 0) is 14.3 Å². The summed E-state index contributed by atoms with van der Waals surface area (Å²) in [6.45, 7) is 3.71. The van der Waals surface area contributed by atoms with E-state index in [0.717, 1.165) is 77.0 Å². The zero-order valence-electron chi connectivity index (χ0n) is 26.1. The van der Waals surface area contributed by atoms with Crippen LogP contribution < -0.4 is 10.2 Å². The Morgan fingerprint density at radius 2 is 1.05 bits per heavy atom. The van der Waals surface area contributed by atoms with Crippen molar-refractivity contribution in [2.24, 2.45) is 22.7 Å². The van der Waals surface area contributed by atoms with Crippen LogP contribution in [0.1, 0.15) is 139 Å². The smallest absolute Gasteiger partial charge is 0.550 e. The molecule has 0 aliphatic heterocycles. The van der Waals surface area contributed by atoms with Crippen molar-refractivity contribution in [1.82, 2.24) is 0 Å². The molecular formula is C36H52O6Pb. The zero-order valence-corrected chi connectivity index (χ0v) is 30.0. The third-order valence-electron chi connectivity index (χ3n) is 10.4. The van der Waals surface area contributed by atoms with Crippen LogP contribution in [0.5, 0.6) is 0 Å². The van der Waals surface area contributed by atoms with Gasteiger partial charge in [-0.3, -0.25) is 0 Å². The van der Waals surface area contributed by atoms with Gasteiger partial charge in [0, 0.05) is 22.8 Å². The van der Waals surface area contributed by atoms with Gasteiger partial charge in [0.15, 0.2) is 0 Å². The maximum Gasteiger partial charge on any atom is 2.00 e. The van der Waals surface area contributed by atoms with Crippen LogP contribution in [0.3, 0.4) is 0 Å². The summed E-state index contributed by atoms with van der Waals surface area (Å²) in [6.07, 6.45) is 23.8. The minimum Gasteiger partial charge on any atom is -0.550 e. The summed E-state index contributed by atoms with van der Waals surface area (Å²) >= 11 is 0. The first-order chi connectivity index (χ1) is 20.4. The Morgan fingerprint density at radius 1 is 0.674 bits per heavy atom. The second-order valence-corrected chi connectivity index (χ2v) is 12.9. The maximum absolute atomic E-state index is 11.5. The summed E-state index contributed by atoms with van der Waals surface area (Å²) < 4.78 is 4.82. The molecule has 4 aliphatic carbocycles. The van der Waals surface area contributed by atoms with E-state index < -0.39 is 22.8 Å². The second-order valence-electron chi connectivity index (χ2n) is 12.9. The van der Waals surface area contributed by atoms with Gasteiger partial charge in [-0.1, -0.05) is 108 Å². The summed E-state index contributed by atoms with van der Waals surface area (Å²) in [4.78, 5) is 34.1. The quantitative estimate of drug-likeness (QED) is 0.186. The summed E-state index contributed by atoms with van der Waals surface area (Å²) in [5, 5.41) is 22.9. The summed E-state index contributed by atoms with van der Waals surface area (Å²) in [5.74, 6) is -0.994. The van der Waals surface area contributed by atoms with Crippen LogP contribution in [0.25, 0.3) is 0 Å². The number of esters is 1. The molecule has 1 aromatic carbocycles. The first kappa shape index (κ1) is 37.5. The Morgan fingerprint density at radius 3 is 1.40 bits per heavy atom. The summed E-state index contributed by atoms with van der Waals surface area (Å²) in [5.41, 5.74) is -0.323. The van der Waals surface area contributed by atoms with E-state index in [9.17, 15) is 24.6 Å². The number of ether oxygens (including phenoxy) is 1. The van der Waals surface area contributed by atoms with Gasteiger partial charge in [0.1, 0.15) is 6.61 Å². The molecule has 0 atom stereocenters. The van der Waals surface area contributed by atoms with Crippen LogP contribution in [0.4, 0.5) is 0 Å². The van der Waals surface area contributed by atoms with E-state index in [1.807, 2.05) is 6.07 Å².